The average Bonchev–Trinajstić information content (AvgIpc) is 2.39. The molecule has 0 spiro atoms. The molecule has 1 aromatic heterocycles. The van der Waals surface area contributed by atoms with Crippen LogP contribution in [0, 0.1) is 0 Å². The Labute approximate surface area is 127 Å². The Hall–Kier alpha value is -1.45. The predicted octanol–water partition coefficient (Wildman–Crippen LogP) is 4.57. The van der Waals surface area contributed by atoms with E-state index in [-0.39, 0.29) is 0 Å². The number of benzene rings is 1. The third-order valence-corrected chi connectivity index (χ3v) is 4.00. The lowest BCUT2D eigenvalue weighted by Crippen LogP contribution is -2.24. The minimum absolute atomic E-state index is 0.322. The van der Waals surface area contributed by atoms with Crippen molar-refractivity contribution in [2.45, 2.75) is 25.4 Å². The zero-order valence-corrected chi connectivity index (χ0v) is 12.3. The SMILES string of the molecule is Nc1ccc(OC2CCC2)cc1-c1cc(Cl)ncc1Cl. The Balaban J connectivity index is 1.98. The maximum atomic E-state index is 6.18. The molecule has 1 aliphatic carbocycles. The van der Waals surface area contributed by atoms with Gasteiger partial charge in [0.05, 0.1) is 11.1 Å². The smallest absolute Gasteiger partial charge is 0.129 e. The number of hydrogen-bond acceptors (Lipinski definition) is 3. The summed E-state index contributed by atoms with van der Waals surface area (Å²) in [5.41, 5.74) is 8.26. The van der Waals surface area contributed by atoms with Gasteiger partial charge in [-0.25, -0.2) is 4.98 Å². The van der Waals surface area contributed by atoms with Crippen molar-refractivity contribution in [1.82, 2.24) is 4.98 Å². The normalized spacial score (nSPS) is 14.9. The number of rotatable bonds is 3. The summed E-state index contributed by atoms with van der Waals surface area (Å²) in [6.07, 6.45) is 5.31. The lowest BCUT2D eigenvalue weighted by molar-refractivity contribution is 0.120. The van der Waals surface area contributed by atoms with E-state index in [0.29, 0.717) is 22.0 Å². The molecule has 1 saturated carbocycles. The Morgan fingerprint density at radius 3 is 2.65 bits per heavy atom. The molecule has 2 N–H and O–H groups in total. The topological polar surface area (TPSA) is 48.1 Å². The van der Waals surface area contributed by atoms with E-state index in [1.807, 2.05) is 18.2 Å². The molecular formula is C15H14Cl2N2O. The van der Waals surface area contributed by atoms with Crippen molar-refractivity contribution in [2.24, 2.45) is 0 Å². The van der Waals surface area contributed by atoms with E-state index in [0.717, 1.165) is 29.7 Å². The summed E-state index contributed by atoms with van der Waals surface area (Å²) in [5.74, 6) is 0.808. The van der Waals surface area contributed by atoms with Crippen LogP contribution >= 0.6 is 23.2 Å². The quantitative estimate of drug-likeness (QED) is 0.667. The number of pyridine rings is 1. The molecule has 1 aromatic carbocycles. The van der Waals surface area contributed by atoms with Crippen molar-refractivity contribution < 1.29 is 4.74 Å². The molecule has 0 bridgehead atoms. The fourth-order valence-corrected chi connectivity index (χ4v) is 2.51. The molecule has 0 amide bonds. The second-order valence-electron chi connectivity index (χ2n) is 4.91. The molecule has 104 valence electrons. The number of nitrogen functional groups attached to an aromatic ring is 1. The zero-order valence-electron chi connectivity index (χ0n) is 10.8. The minimum Gasteiger partial charge on any atom is -0.490 e. The van der Waals surface area contributed by atoms with E-state index in [2.05, 4.69) is 4.98 Å². The molecular weight excluding hydrogens is 295 g/mol. The van der Waals surface area contributed by atoms with Gasteiger partial charge in [0, 0.05) is 23.0 Å². The standard InChI is InChI=1S/C15H14Cl2N2O/c16-13-8-19-15(17)7-11(13)12-6-10(4-5-14(12)18)20-9-2-1-3-9/h4-9H,1-3,18H2. The highest BCUT2D eigenvalue weighted by atomic mass is 35.5. The highest BCUT2D eigenvalue weighted by Gasteiger charge is 2.19. The maximum absolute atomic E-state index is 6.18. The number of nitrogens with zero attached hydrogens (tertiary/aromatic N) is 1. The number of nitrogens with two attached hydrogens (primary N) is 1. The largest absolute Gasteiger partial charge is 0.490 e. The van der Waals surface area contributed by atoms with Gasteiger partial charge < -0.3 is 10.5 Å². The van der Waals surface area contributed by atoms with E-state index in [1.165, 1.54) is 12.6 Å². The van der Waals surface area contributed by atoms with Crippen molar-refractivity contribution in [1.29, 1.82) is 0 Å². The van der Waals surface area contributed by atoms with Gasteiger partial charge >= 0.3 is 0 Å². The van der Waals surface area contributed by atoms with Crippen LogP contribution in [0.15, 0.2) is 30.5 Å². The fourth-order valence-electron chi connectivity index (χ4n) is 2.14. The highest BCUT2D eigenvalue weighted by Crippen LogP contribution is 2.36. The van der Waals surface area contributed by atoms with Gasteiger partial charge in [-0.3, -0.25) is 0 Å². The number of anilines is 1. The Morgan fingerprint density at radius 2 is 1.95 bits per heavy atom. The second kappa shape index (κ2) is 5.51. The first-order chi connectivity index (χ1) is 9.63. The van der Waals surface area contributed by atoms with Crippen LogP contribution in [0.2, 0.25) is 10.2 Å². The van der Waals surface area contributed by atoms with Crippen LogP contribution in [0.25, 0.3) is 11.1 Å². The minimum atomic E-state index is 0.322. The van der Waals surface area contributed by atoms with Gasteiger partial charge in [-0.15, -0.1) is 0 Å². The van der Waals surface area contributed by atoms with Gasteiger partial charge in [-0.05, 0) is 43.5 Å². The molecule has 5 heteroatoms. The molecule has 1 heterocycles. The predicted molar refractivity (Wildman–Crippen MR) is 82.4 cm³/mol. The number of hydrogen-bond donors (Lipinski definition) is 1. The first kappa shape index (κ1) is 13.5. The van der Waals surface area contributed by atoms with Gasteiger partial charge in [0.2, 0.25) is 0 Å². The fraction of sp³-hybridized carbons (Fsp3) is 0.267. The summed E-state index contributed by atoms with van der Waals surface area (Å²) >= 11 is 12.1. The van der Waals surface area contributed by atoms with Gasteiger partial charge in [0.15, 0.2) is 0 Å². The van der Waals surface area contributed by atoms with Crippen LogP contribution in [-0.2, 0) is 0 Å². The van der Waals surface area contributed by atoms with Crippen molar-refractivity contribution in [2.75, 3.05) is 5.73 Å². The molecule has 0 radical (unpaired) electrons. The zero-order chi connectivity index (χ0) is 14.1. The molecule has 2 aromatic rings. The van der Waals surface area contributed by atoms with Crippen molar-refractivity contribution in [3.63, 3.8) is 0 Å². The third-order valence-electron chi connectivity index (χ3n) is 3.49. The van der Waals surface area contributed by atoms with Crippen molar-refractivity contribution in [3.8, 4) is 16.9 Å². The van der Waals surface area contributed by atoms with Gasteiger partial charge in [-0.2, -0.15) is 0 Å². The summed E-state index contributed by atoms with van der Waals surface area (Å²) in [6, 6.07) is 7.33. The first-order valence-corrected chi connectivity index (χ1v) is 7.26. The van der Waals surface area contributed by atoms with Gasteiger partial charge in [-0.1, -0.05) is 23.2 Å². The van der Waals surface area contributed by atoms with Crippen LogP contribution < -0.4 is 10.5 Å². The molecule has 0 atom stereocenters. The van der Waals surface area contributed by atoms with Crippen molar-refractivity contribution in [3.05, 3.63) is 40.6 Å². The molecule has 0 unspecified atom stereocenters. The monoisotopic (exact) mass is 308 g/mol. The summed E-state index contributed by atoms with van der Waals surface area (Å²) < 4.78 is 5.89. The Bertz CT molecular complexity index is 642. The van der Waals surface area contributed by atoms with Gasteiger partial charge in [0.1, 0.15) is 10.9 Å². The Kier molecular flexibility index (Phi) is 3.72. The van der Waals surface area contributed by atoms with E-state index >= 15 is 0 Å². The van der Waals surface area contributed by atoms with Crippen LogP contribution in [0.4, 0.5) is 5.69 Å². The molecule has 0 saturated heterocycles. The third kappa shape index (κ3) is 2.69. The average molecular weight is 309 g/mol. The Morgan fingerprint density at radius 1 is 1.15 bits per heavy atom. The number of aromatic nitrogens is 1. The lowest BCUT2D eigenvalue weighted by atomic mass is 9.96. The molecule has 3 rings (SSSR count). The van der Waals surface area contributed by atoms with E-state index in [4.69, 9.17) is 33.7 Å². The summed E-state index contributed by atoms with van der Waals surface area (Å²) in [4.78, 5) is 3.95. The summed E-state index contributed by atoms with van der Waals surface area (Å²) in [7, 11) is 0. The molecule has 20 heavy (non-hydrogen) atoms. The number of halogens is 2. The summed E-state index contributed by atoms with van der Waals surface area (Å²) in [5, 5.41) is 0.899. The first-order valence-electron chi connectivity index (χ1n) is 6.51. The maximum Gasteiger partial charge on any atom is 0.129 e. The lowest BCUT2D eigenvalue weighted by Gasteiger charge is -2.26. The van der Waals surface area contributed by atoms with E-state index in [9.17, 15) is 0 Å². The van der Waals surface area contributed by atoms with Crippen LogP contribution in [0.1, 0.15) is 19.3 Å². The van der Waals surface area contributed by atoms with Crippen LogP contribution in [0.5, 0.6) is 5.75 Å². The molecule has 1 aliphatic rings. The number of ether oxygens (including phenoxy) is 1. The summed E-state index contributed by atoms with van der Waals surface area (Å²) in [6.45, 7) is 0. The molecule has 1 fully saturated rings. The van der Waals surface area contributed by atoms with Gasteiger partial charge in [0.25, 0.3) is 0 Å². The second-order valence-corrected chi connectivity index (χ2v) is 5.70. The van der Waals surface area contributed by atoms with Crippen LogP contribution in [-0.4, -0.2) is 11.1 Å². The highest BCUT2D eigenvalue weighted by molar-refractivity contribution is 6.34. The van der Waals surface area contributed by atoms with Crippen LogP contribution in [0.3, 0.4) is 0 Å². The van der Waals surface area contributed by atoms with Crippen molar-refractivity contribution >= 4 is 28.9 Å². The molecule has 0 aliphatic heterocycles. The van der Waals surface area contributed by atoms with E-state index < -0.39 is 0 Å². The van der Waals surface area contributed by atoms with E-state index in [1.54, 1.807) is 6.07 Å². The molecule has 3 nitrogen and oxygen atoms in total.